The molecule has 0 radical (unpaired) electrons. The summed E-state index contributed by atoms with van der Waals surface area (Å²) in [5, 5.41) is 5.12. The minimum Gasteiger partial charge on any atom is -0.355 e. The third-order valence-corrected chi connectivity index (χ3v) is 5.06. The van der Waals surface area contributed by atoms with Crippen LogP contribution in [0, 0.1) is 11.8 Å². The smallest absolute Gasteiger partial charge is 0.0469 e. The van der Waals surface area contributed by atoms with Gasteiger partial charge in [-0.25, -0.2) is 0 Å². The Hall–Kier alpha value is -1.54. The Bertz CT molecular complexity index is 652. The zero-order chi connectivity index (χ0) is 13.0. The molecule has 2 bridgehead atoms. The quantitative estimate of drug-likeness (QED) is 0.792. The summed E-state index contributed by atoms with van der Waals surface area (Å²) in [5.41, 5.74) is 5.34. The number of hydrogen-bond donors (Lipinski definition) is 2. The number of allylic oxidation sites excluding steroid dienone is 1. The van der Waals surface area contributed by atoms with Crippen molar-refractivity contribution >= 4 is 16.5 Å². The van der Waals surface area contributed by atoms with Gasteiger partial charge in [-0.2, -0.15) is 0 Å². The number of aromatic amines is 1. The van der Waals surface area contributed by atoms with Gasteiger partial charge in [0.2, 0.25) is 0 Å². The van der Waals surface area contributed by atoms with Crippen molar-refractivity contribution in [1.29, 1.82) is 0 Å². The number of para-hydroxylation sites is 1. The highest BCUT2D eigenvalue weighted by Gasteiger charge is 2.42. The maximum atomic E-state index is 4.41. The molecular weight excluding hydrogens is 232 g/mol. The number of nitrogens with one attached hydrogen (secondary N) is 2. The van der Waals surface area contributed by atoms with Crippen LogP contribution in [0.4, 0.5) is 0 Å². The number of benzene rings is 1. The third kappa shape index (κ3) is 1.41. The van der Waals surface area contributed by atoms with Crippen LogP contribution < -0.4 is 5.32 Å². The Morgan fingerprint density at radius 2 is 2.16 bits per heavy atom. The van der Waals surface area contributed by atoms with E-state index in [-0.39, 0.29) is 0 Å². The first-order valence-corrected chi connectivity index (χ1v) is 7.34. The van der Waals surface area contributed by atoms with Crippen LogP contribution in [0.5, 0.6) is 0 Å². The van der Waals surface area contributed by atoms with Crippen LogP contribution >= 0.6 is 0 Å². The number of rotatable bonds is 1. The van der Waals surface area contributed by atoms with E-state index < -0.39 is 0 Å². The van der Waals surface area contributed by atoms with Crippen molar-refractivity contribution in [2.75, 3.05) is 6.54 Å². The summed E-state index contributed by atoms with van der Waals surface area (Å²) >= 11 is 0. The molecule has 1 fully saturated rings. The van der Waals surface area contributed by atoms with Crippen LogP contribution in [0.2, 0.25) is 0 Å². The number of H-pyrrole nitrogens is 1. The molecule has 19 heavy (non-hydrogen) atoms. The van der Waals surface area contributed by atoms with Crippen LogP contribution in [0.25, 0.3) is 16.5 Å². The lowest BCUT2D eigenvalue weighted by molar-refractivity contribution is 0.218. The molecule has 2 heterocycles. The fourth-order valence-electron chi connectivity index (χ4n) is 4.19. The average Bonchev–Trinajstić information content (AvgIpc) is 2.83. The van der Waals surface area contributed by atoms with E-state index in [0.29, 0.717) is 17.9 Å². The molecule has 2 nitrogen and oxygen atoms in total. The predicted molar refractivity (Wildman–Crippen MR) is 80.0 cm³/mol. The van der Waals surface area contributed by atoms with E-state index in [1.807, 2.05) is 0 Å². The van der Waals surface area contributed by atoms with Gasteiger partial charge in [0.05, 0.1) is 0 Å². The second kappa shape index (κ2) is 3.97. The lowest BCUT2D eigenvalue weighted by Gasteiger charge is -2.44. The molecule has 0 saturated carbocycles. The molecule has 98 valence electrons. The number of hydrogen-bond acceptors (Lipinski definition) is 1. The lowest BCUT2D eigenvalue weighted by Crippen LogP contribution is -2.43. The molecule has 2 aromatic rings. The fourth-order valence-corrected chi connectivity index (χ4v) is 4.19. The summed E-state index contributed by atoms with van der Waals surface area (Å²) in [6.45, 7) is 7.84. The number of piperidine rings is 1. The predicted octanol–water partition coefficient (Wildman–Crippen LogP) is 3.87. The van der Waals surface area contributed by atoms with Gasteiger partial charge in [-0.3, -0.25) is 0 Å². The van der Waals surface area contributed by atoms with Crippen molar-refractivity contribution in [3.8, 4) is 0 Å². The molecule has 4 rings (SSSR count). The van der Waals surface area contributed by atoms with Gasteiger partial charge in [0, 0.05) is 28.2 Å². The molecule has 0 amide bonds. The number of fused-ring (bicyclic) bond motifs is 6. The SMILES string of the molecule is C=C1c2[nH]c3ccccc3c2[C@@H]2NCC[C@H]1[C@@H]2CC. The zero-order valence-electron chi connectivity index (χ0n) is 11.4. The Kier molecular flexibility index (Phi) is 2.36. The largest absolute Gasteiger partial charge is 0.355 e. The summed E-state index contributed by atoms with van der Waals surface area (Å²) < 4.78 is 0. The van der Waals surface area contributed by atoms with E-state index in [0.717, 1.165) is 6.54 Å². The normalized spacial score (nSPS) is 29.5. The maximum absolute atomic E-state index is 4.41. The highest BCUT2D eigenvalue weighted by Crippen LogP contribution is 2.50. The first-order chi connectivity index (χ1) is 9.31. The minimum absolute atomic E-state index is 0.500. The fraction of sp³-hybridized carbons (Fsp3) is 0.412. The Morgan fingerprint density at radius 1 is 1.32 bits per heavy atom. The van der Waals surface area contributed by atoms with Gasteiger partial charge < -0.3 is 10.3 Å². The Labute approximate surface area is 113 Å². The van der Waals surface area contributed by atoms with E-state index in [2.05, 4.69) is 48.1 Å². The van der Waals surface area contributed by atoms with Crippen molar-refractivity contribution in [2.45, 2.75) is 25.8 Å². The van der Waals surface area contributed by atoms with Crippen molar-refractivity contribution in [2.24, 2.45) is 11.8 Å². The molecule has 2 N–H and O–H groups in total. The van der Waals surface area contributed by atoms with Crippen LogP contribution in [0.15, 0.2) is 30.8 Å². The first kappa shape index (κ1) is 11.3. The molecule has 1 saturated heterocycles. The molecule has 0 spiro atoms. The average molecular weight is 252 g/mol. The molecule has 2 aliphatic rings. The van der Waals surface area contributed by atoms with Crippen molar-refractivity contribution in [3.05, 3.63) is 42.1 Å². The summed E-state index contributed by atoms with van der Waals surface area (Å²) in [7, 11) is 0. The van der Waals surface area contributed by atoms with Crippen molar-refractivity contribution in [1.82, 2.24) is 10.3 Å². The minimum atomic E-state index is 0.500. The molecule has 1 aromatic heterocycles. The van der Waals surface area contributed by atoms with Gasteiger partial charge in [-0.15, -0.1) is 0 Å². The van der Waals surface area contributed by atoms with Gasteiger partial charge in [-0.1, -0.05) is 38.1 Å². The van der Waals surface area contributed by atoms with Crippen LogP contribution in [-0.2, 0) is 0 Å². The molecule has 2 heteroatoms. The second-order valence-electron chi connectivity index (χ2n) is 5.88. The Morgan fingerprint density at radius 3 is 3.00 bits per heavy atom. The zero-order valence-corrected chi connectivity index (χ0v) is 11.4. The van der Waals surface area contributed by atoms with E-state index in [1.54, 1.807) is 0 Å². The van der Waals surface area contributed by atoms with Crippen LogP contribution in [-0.4, -0.2) is 11.5 Å². The van der Waals surface area contributed by atoms with Gasteiger partial charge in [0.15, 0.2) is 0 Å². The summed E-state index contributed by atoms with van der Waals surface area (Å²) in [6.07, 6.45) is 2.45. The molecular formula is C17H20N2. The van der Waals surface area contributed by atoms with Crippen LogP contribution in [0.3, 0.4) is 0 Å². The monoisotopic (exact) mass is 252 g/mol. The molecule has 3 atom stereocenters. The highest BCUT2D eigenvalue weighted by molar-refractivity contribution is 5.91. The van der Waals surface area contributed by atoms with E-state index in [1.165, 1.54) is 40.6 Å². The van der Waals surface area contributed by atoms with E-state index in [4.69, 9.17) is 0 Å². The van der Waals surface area contributed by atoms with Crippen LogP contribution in [0.1, 0.15) is 37.1 Å². The molecule has 1 aliphatic carbocycles. The Balaban J connectivity index is 2.01. The second-order valence-corrected chi connectivity index (χ2v) is 5.88. The first-order valence-electron chi connectivity index (χ1n) is 7.34. The lowest BCUT2D eigenvalue weighted by atomic mass is 9.67. The van der Waals surface area contributed by atoms with E-state index in [9.17, 15) is 0 Å². The van der Waals surface area contributed by atoms with Crippen molar-refractivity contribution in [3.63, 3.8) is 0 Å². The van der Waals surface area contributed by atoms with E-state index >= 15 is 0 Å². The number of aromatic nitrogens is 1. The van der Waals surface area contributed by atoms with Gasteiger partial charge in [-0.05, 0) is 36.4 Å². The standard InChI is InChI=1S/C17H20N2/c1-3-11-12-8-9-18-17(11)15-13-6-4-5-7-14(13)19-16(15)10(12)2/h4-7,11-12,17-19H,2-3,8-9H2,1H3/t11-,12+,17+/m0/s1. The molecule has 0 unspecified atom stereocenters. The van der Waals surface area contributed by atoms with Crippen molar-refractivity contribution < 1.29 is 0 Å². The summed E-state index contributed by atoms with van der Waals surface area (Å²) in [5.74, 6) is 1.35. The van der Waals surface area contributed by atoms with Gasteiger partial charge in [0.25, 0.3) is 0 Å². The van der Waals surface area contributed by atoms with Gasteiger partial charge in [0.1, 0.15) is 0 Å². The summed E-state index contributed by atoms with van der Waals surface area (Å²) in [4.78, 5) is 3.60. The highest BCUT2D eigenvalue weighted by atomic mass is 15.0. The third-order valence-electron chi connectivity index (χ3n) is 5.06. The molecule has 1 aliphatic heterocycles. The van der Waals surface area contributed by atoms with Gasteiger partial charge >= 0.3 is 0 Å². The summed E-state index contributed by atoms with van der Waals surface area (Å²) in [6, 6.07) is 9.15. The maximum Gasteiger partial charge on any atom is 0.0469 e. The molecule has 1 aromatic carbocycles. The topological polar surface area (TPSA) is 27.8 Å².